The molecule has 1 aliphatic rings. The van der Waals surface area contributed by atoms with E-state index in [4.69, 9.17) is 0 Å². The minimum atomic E-state index is -3.24. The SMILES string of the molecule is CC1=C(Sc2ccc(S(C)(=O)=O)cc2)[N+](C)(CC(=O)O)c2ccccc21. The summed E-state index contributed by atoms with van der Waals surface area (Å²) in [6.07, 6.45) is 1.18. The fourth-order valence-corrected chi connectivity index (χ4v) is 5.04. The van der Waals surface area contributed by atoms with Crippen LogP contribution in [0.15, 0.2) is 63.4 Å². The van der Waals surface area contributed by atoms with Gasteiger partial charge in [-0.1, -0.05) is 12.1 Å². The second-order valence-electron chi connectivity index (χ2n) is 6.54. The molecule has 136 valence electrons. The molecule has 0 amide bonds. The third-order valence-electron chi connectivity index (χ3n) is 4.53. The Balaban J connectivity index is 2.03. The smallest absolute Gasteiger partial charge is 0.360 e. The molecule has 2 aromatic carbocycles. The molecule has 3 rings (SSSR count). The molecule has 2 aromatic rings. The highest BCUT2D eigenvalue weighted by Crippen LogP contribution is 2.49. The largest absolute Gasteiger partial charge is 0.477 e. The van der Waals surface area contributed by atoms with Crippen LogP contribution in [0.4, 0.5) is 5.69 Å². The van der Waals surface area contributed by atoms with Gasteiger partial charge in [-0.15, -0.1) is 0 Å². The lowest BCUT2D eigenvalue weighted by Crippen LogP contribution is -2.45. The zero-order valence-electron chi connectivity index (χ0n) is 14.8. The number of aliphatic carboxylic acids is 1. The van der Waals surface area contributed by atoms with E-state index in [9.17, 15) is 18.3 Å². The number of carboxylic acids is 1. The molecule has 26 heavy (non-hydrogen) atoms. The normalized spacial score (nSPS) is 19.5. The van der Waals surface area contributed by atoms with E-state index in [-0.39, 0.29) is 15.9 Å². The Morgan fingerprint density at radius 1 is 1.12 bits per heavy atom. The standard InChI is InChI=1S/C19H19NO4S2/c1-13-16-6-4-5-7-17(16)20(2,12-18(21)22)19(13)25-14-8-10-15(11-9-14)26(3,23)24/h4-11H,12H2,1-3H3/p+1. The lowest BCUT2D eigenvalue weighted by atomic mass is 10.1. The summed E-state index contributed by atoms with van der Waals surface area (Å²) in [5.41, 5.74) is 3.05. The van der Waals surface area contributed by atoms with Crippen LogP contribution >= 0.6 is 11.8 Å². The summed E-state index contributed by atoms with van der Waals surface area (Å²) in [5, 5.41) is 10.4. The van der Waals surface area contributed by atoms with Crippen molar-refractivity contribution in [3.05, 3.63) is 59.1 Å². The number of rotatable bonds is 5. The van der Waals surface area contributed by atoms with E-state index in [0.717, 1.165) is 26.7 Å². The monoisotopic (exact) mass is 390 g/mol. The fraction of sp³-hybridized carbons (Fsp3) is 0.211. The molecule has 0 aliphatic carbocycles. The number of nitrogens with zero attached hydrogens (tertiary/aromatic N) is 1. The second kappa shape index (κ2) is 6.57. The summed E-state index contributed by atoms with van der Waals surface area (Å²) in [6.45, 7) is 1.94. The number of hydrogen-bond donors (Lipinski definition) is 1. The quantitative estimate of drug-likeness (QED) is 0.790. The van der Waals surface area contributed by atoms with E-state index < -0.39 is 15.8 Å². The molecule has 0 spiro atoms. The van der Waals surface area contributed by atoms with Gasteiger partial charge < -0.3 is 5.11 Å². The molecular formula is C19H20NO4S2+. The molecule has 0 aromatic heterocycles. The highest BCUT2D eigenvalue weighted by Gasteiger charge is 2.43. The van der Waals surface area contributed by atoms with Crippen LogP contribution in [0.25, 0.3) is 5.57 Å². The van der Waals surface area contributed by atoms with Crippen LogP contribution in [0.2, 0.25) is 0 Å². The van der Waals surface area contributed by atoms with Gasteiger partial charge in [-0.3, -0.25) is 0 Å². The Hall–Kier alpha value is -2.09. The van der Waals surface area contributed by atoms with Gasteiger partial charge in [-0.25, -0.2) is 17.7 Å². The predicted octanol–water partition coefficient (Wildman–Crippen LogP) is 3.61. The van der Waals surface area contributed by atoms with Crippen LogP contribution in [-0.4, -0.2) is 39.3 Å². The minimum Gasteiger partial charge on any atom is -0.477 e. The Bertz CT molecular complexity index is 1010. The fourth-order valence-electron chi connectivity index (χ4n) is 3.29. The third kappa shape index (κ3) is 3.30. The van der Waals surface area contributed by atoms with Crippen molar-refractivity contribution in [3.63, 3.8) is 0 Å². The van der Waals surface area contributed by atoms with E-state index >= 15 is 0 Å². The van der Waals surface area contributed by atoms with E-state index in [1.165, 1.54) is 18.0 Å². The molecule has 1 unspecified atom stereocenters. The first-order valence-corrected chi connectivity index (χ1v) is 10.7. The van der Waals surface area contributed by atoms with Crippen molar-refractivity contribution in [1.82, 2.24) is 4.48 Å². The maximum atomic E-state index is 11.6. The summed E-state index contributed by atoms with van der Waals surface area (Å²) in [4.78, 5) is 12.7. The number of quaternary nitrogens is 1. The predicted molar refractivity (Wildman–Crippen MR) is 105 cm³/mol. The number of hydrogen-bond acceptors (Lipinski definition) is 4. The van der Waals surface area contributed by atoms with Crippen LogP contribution in [0.1, 0.15) is 12.5 Å². The van der Waals surface area contributed by atoms with Gasteiger partial charge >= 0.3 is 5.97 Å². The maximum absolute atomic E-state index is 11.6. The van der Waals surface area contributed by atoms with Crippen molar-refractivity contribution in [2.24, 2.45) is 0 Å². The lowest BCUT2D eigenvalue weighted by Gasteiger charge is -2.30. The first kappa shape index (κ1) is 18.7. The number of carbonyl (C=O) groups is 1. The third-order valence-corrected chi connectivity index (χ3v) is 7.07. The molecule has 5 nitrogen and oxygen atoms in total. The summed E-state index contributed by atoms with van der Waals surface area (Å²) < 4.78 is 23.4. The van der Waals surface area contributed by atoms with E-state index in [1.807, 2.05) is 38.2 Å². The molecule has 1 heterocycles. The van der Waals surface area contributed by atoms with Gasteiger partial charge in [-0.2, -0.15) is 0 Å². The van der Waals surface area contributed by atoms with Gasteiger partial charge in [0.25, 0.3) is 0 Å². The number of para-hydroxylation sites is 1. The number of sulfone groups is 1. The van der Waals surface area contributed by atoms with Gasteiger partial charge in [-0.05, 0) is 49.0 Å². The van der Waals surface area contributed by atoms with Crippen LogP contribution in [-0.2, 0) is 14.6 Å². The molecule has 1 aliphatic heterocycles. The van der Waals surface area contributed by atoms with Gasteiger partial charge in [0.15, 0.2) is 21.4 Å². The van der Waals surface area contributed by atoms with Crippen LogP contribution in [0.5, 0.6) is 0 Å². The van der Waals surface area contributed by atoms with Crippen molar-refractivity contribution in [2.75, 3.05) is 19.8 Å². The number of fused-ring (bicyclic) bond motifs is 1. The first-order chi connectivity index (χ1) is 12.1. The number of likely N-dealkylation sites (N-methyl/N-ethyl adjacent to an activating group) is 1. The zero-order chi connectivity index (χ0) is 19.1. The van der Waals surface area contributed by atoms with Gasteiger partial charge in [0.2, 0.25) is 0 Å². The Morgan fingerprint density at radius 3 is 2.31 bits per heavy atom. The van der Waals surface area contributed by atoms with Crippen molar-refractivity contribution in [2.45, 2.75) is 16.7 Å². The molecule has 0 saturated carbocycles. The number of benzene rings is 2. The molecule has 0 bridgehead atoms. The molecule has 0 fully saturated rings. The van der Waals surface area contributed by atoms with Crippen molar-refractivity contribution in [1.29, 1.82) is 0 Å². The molecule has 1 atom stereocenters. The highest BCUT2D eigenvalue weighted by atomic mass is 32.2. The maximum Gasteiger partial charge on any atom is 0.360 e. The molecule has 0 saturated heterocycles. The number of carboxylic acid groups (broad SMARTS) is 1. The first-order valence-electron chi connectivity index (χ1n) is 7.99. The Kier molecular flexibility index (Phi) is 4.72. The summed E-state index contributed by atoms with van der Waals surface area (Å²) in [7, 11) is -1.34. The number of allylic oxidation sites excluding steroid dienone is 1. The van der Waals surface area contributed by atoms with Gasteiger partial charge in [0, 0.05) is 28.4 Å². The molecule has 0 radical (unpaired) electrons. The van der Waals surface area contributed by atoms with Crippen molar-refractivity contribution < 1.29 is 18.3 Å². The Morgan fingerprint density at radius 2 is 1.73 bits per heavy atom. The minimum absolute atomic E-state index is 0.0574. The average Bonchev–Trinajstić information content (AvgIpc) is 2.76. The lowest BCUT2D eigenvalue weighted by molar-refractivity contribution is -0.137. The van der Waals surface area contributed by atoms with Crippen LogP contribution < -0.4 is 4.48 Å². The summed E-state index contributed by atoms with van der Waals surface area (Å²) in [6, 6.07) is 14.5. The second-order valence-corrected chi connectivity index (χ2v) is 9.61. The van der Waals surface area contributed by atoms with Gasteiger partial charge in [0.05, 0.1) is 11.9 Å². The summed E-state index contributed by atoms with van der Waals surface area (Å²) >= 11 is 1.48. The number of thioether (sulfide) groups is 1. The zero-order valence-corrected chi connectivity index (χ0v) is 16.4. The molecular weight excluding hydrogens is 370 g/mol. The van der Waals surface area contributed by atoms with E-state index in [1.54, 1.807) is 24.3 Å². The van der Waals surface area contributed by atoms with E-state index in [0.29, 0.717) is 0 Å². The molecule has 7 heteroatoms. The summed E-state index contributed by atoms with van der Waals surface area (Å²) in [5.74, 6) is -0.873. The van der Waals surface area contributed by atoms with Crippen molar-refractivity contribution >= 4 is 38.8 Å². The highest BCUT2D eigenvalue weighted by molar-refractivity contribution is 8.03. The van der Waals surface area contributed by atoms with Gasteiger partial charge in [0.1, 0.15) is 5.69 Å². The molecule has 1 N–H and O–H groups in total. The average molecular weight is 391 g/mol. The Labute approximate surface area is 157 Å². The van der Waals surface area contributed by atoms with Crippen molar-refractivity contribution in [3.8, 4) is 0 Å². The van der Waals surface area contributed by atoms with Crippen LogP contribution in [0, 0.1) is 0 Å². The van der Waals surface area contributed by atoms with Crippen LogP contribution in [0.3, 0.4) is 0 Å². The van der Waals surface area contributed by atoms with E-state index in [2.05, 4.69) is 0 Å². The topological polar surface area (TPSA) is 71.4 Å².